The van der Waals surface area contributed by atoms with Crippen molar-refractivity contribution in [3.8, 4) is 0 Å². The molecule has 1 rings (SSSR count). The number of hydrogen-bond acceptors (Lipinski definition) is 3. The van der Waals surface area contributed by atoms with E-state index in [1.165, 1.54) is 29.2 Å². The zero-order valence-corrected chi connectivity index (χ0v) is 12.5. The lowest BCUT2D eigenvalue weighted by Crippen LogP contribution is -2.40. The summed E-state index contributed by atoms with van der Waals surface area (Å²) in [4.78, 5) is 25.0. The number of amides is 1. The fourth-order valence-corrected chi connectivity index (χ4v) is 1.73. The van der Waals surface area contributed by atoms with Crippen LogP contribution in [0.1, 0.15) is 26.3 Å². The highest BCUT2D eigenvalue weighted by atomic mass is 19.1. The number of benzene rings is 1. The molecule has 0 radical (unpaired) electrons. The van der Waals surface area contributed by atoms with Crippen molar-refractivity contribution >= 4 is 18.0 Å². The first-order valence-corrected chi connectivity index (χ1v) is 6.84. The third kappa shape index (κ3) is 5.77. The Kier molecular flexibility index (Phi) is 6.59. The van der Waals surface area contributed by atoms with Gasteiger partial charge in [0.2, 0.25) is 5.91 Å². The van der Waals surface area contributed by atoms with Crippen LogP contribution in [0.15, 0.2) is 30.3 Å². The average Bonchev–Trinajstić information content (AvgIpc) is 2.42. The van der Waals surface area contributed by atoms with E-state index >= 15 is 0 Å². The summed E-state index contributed by atoms with van der Waals surface area (Å²) in [5, 5.41) is 0. The van der Waals surface area contributed by atoms with Gasteiger partial charge in [-0.25, -0.2) is 4.39 Å². The van der Waals surface area contributed by atoms with Gasteiger partial charge < -0.3 is 9.64 Å². The maximum absolute atomic E-state index is 13.0. The quantitative estimate of drug-likeness (QED) is 0.598. The minimum absolute atomic E-state index is 0.0994. The third-order valence-corrected chi connectivity index (χ3v) is 2.78. The zero-order chi connectivity index (χ0) is 15.8. The number of ether oxygens (including phenoxy) is 1. The van der Waals surface area contributed by atoms with E-state index in [-0.39, 0.29) is 30.9 Å². The lowest BCUT2D eigenvalue weighted by atomic mass is 10.2. The minimum atomic E-state index is -0.446. The monoisotopic (exact) mass is 293 g/mol. The van der Waals surface area contributed by atoms with E-state index in [1.807, 2.05) is 13.8 Å². The number of esters is 1. The van der Waals surface area contributed by atoms with Crippen molar-refractivity contribution < 1.29 is 18.7 Å². The average molecular weight is 293 g/mol. The number of halogens is 1. The van der Waals surface area contributed by atoms with Crippen molar-refractivity contribution in [3.05, 3.63) is 41.7 Å². The minimum Gasteiger partial charge on any atom is -0.465 e. The van der Waals surface area contributed by atoms with E-state index < -0.39 is 5.97 Å². The first-order chi connectivity index (χ1) is 9.93. The summed E-state index contributed by atoms with van der Waals surface area (Å²) in [7, 11) is 0. The van der Waals surface area contributed by atoms with E-state index in [4.69, 9.17) is 4.74 Å². The number of nitrogens with zero attached hydrogens (tertiary/aromatic N) is 1. The van der Waals surface area contributed by atoms with Crippen LogP contribution in [0.4, 0.5) is 4.39 Å². The highest BCUT2D eigenvalue weighted by Gasteiger charge is 2.18. The molecular weight excluding hydrogens is 273 g/mol. The molecular formula is C16H20FNO3. The summed E-state index contributed by atoms with van der Waals surface area (Å²) in [5.41, 5.74) is 0.586. The van der Waals surface area contributed by atoms with Gasteiger partial charge in [0.05, 0.1) is 6.61 Å². The molecule has 0 aromatic heterocycles. The molecule has 21 heavy (non-hydrogen) atoms. The van der Waals surface area contributed by atoms with E-state index in [9.17, 15) is 14.0 Å². The molecule has 0 bridgehead atoms. The summed E-state index contributed by atoms with van der Waals surface area (Å²) in [5.74, 6) is -1.13. The molecule has 4 nitrogen and oxygen atoms in total. The highest BCUT2D eigenvalue weighted by Crippen LogP contribution is 2.07. The van der Waals surface area contributed by atoms with Gasteiger partial charge in [0.15, 0.2) is 0 Å². The molecule has 0 saturated heterocycles. The summed E-state index contributed by atoms with van der Waals surface area (Å²) in [6, 6.07) is 5.78. The topological polar surface area (TPSA) is 46.6 Å². The highest BCUT2D eigenvalue weighted by molar-refractivity contribution is 5.93. The van der Waals surface area contributed by atoms with Crippen molar-refractivity contribution in [2.75, 3.05) is 13.2 Å². The Morgan fingerprint density at radius 2 is 2.10 bits per heavy atom. The van der Waals surface area contributed by atoms with E-state index in [1.54, 1.807) is 19.1 Å². The van der Waals surface area contributed by atoms with Gasteiger partial charge in [0.25, 0.3) is 0 Å². The first-order valence-electron chi connectivity index (χ1n) is 6.84. The zero-order valence-electron chi connectivity index (χ0n) is 12.5. The van der Waals surface area contributed by atoms with Gasteiger partial charge in [-0.3, -0.25) is 9.59 Å². The number of hydrogen-bond donors (Lipinski definition) is 0. The van der Waals surface area contributed by atoms with Gasteiger partial charge in [-0.1, -0.05) is 12.1 Å². The van der Waals surface area contributed by atoms with Crippen LogP contribution in [-0.2, 0) is 14.3 Å². The molecule has 0 aliphatic rings. The summed E-state index contributed by atoms with van der Waals surface area (Å²) in [6.07, 6.45) is 2.85. The Labute approximate surface area is 124 Å². The summed E-state index contributed by atoms with van der Waals surface area (Å²) < 4.78 is 17.9. The summed E-state index contributed by atoms with van der Waals surface area (Å²) >= 11 is 0. The second-order valence-electron chi connectivity index (χ2n) is 4.75. The SMILES string of the molecule is CCOC(=O)CN(C(=O)/C=C/c1cccc(F)c1)C(C)C. The largest absolute Gasteiger partial charge is 0.465 e. The maximum Gasteiger partial charge on any atom is 0.325 e. The lowest BCUT2D eigenvalue weighted by molar-refractivity contribution is -0.148. The van der Waals surface area contributed by atoms with Crippen molar-refractivity contribution in [1.82, 2.24) is 4.90 Å². The maximum atomic E-state index is 13.0. The Morgan fingerprint density at radius 1 is 1.38 bits per heavy atom. The van der Waals surface area contributed by atoms with Crippen molar-refractivity contribution in [2.45, 2.75) is 26.8 Å². The Morgan fingerprint density at radius 3 is 2.67 bits per heavy atom. The van der Waals surface area contributed by atoms with E-state index in [2.05, 4.69) is 0 Å². The predicted molar refractivity (Wildman–Crippen MR) is 78.9 cm³/mol. The van der Waals surface area contributed by atoms with Gasteiger partial charge in [0.1, 0.15) is 12.4 Å². The van der Waals surface area contributed by atoms with Crippen LogP contribution in [0, 0.1) is 5.82 Å². The number of rotatable bonds is 6. The standard InChI is InChI=1S/C16H20FNO3/c1-4-21-16(20)11-18(12(2)3)15(19)9-8-13-6-5-7-14(17)10-13/h5-10,12H,4,11H2,1-3H3/b9-8+. The molecule has 0 aliphatic carbocycles. The number of carbonyl (C=O) groups is 2. The lowest BCUT2D eigenvalue weighted by Gasteiger charge is -2.24. The van der Waals surface area contributed by atoms with Crippen LogP contribution >= 0.6 is 0 Å². The molecule has 0 heterocycles. The van der Waals surface area contributed by atoms with E-state index in [0.717, 1.165) is 0 Å². The first kappa shape index (κ1) is 16.9. The van der Waals surface area contributed by atoms with Gasteiger partial charge in [-0.05, 0) is 44.5 Å². The molecule has 1 amide bonds. The smallest absolute Gasteiger partial charge is 0.325 e. The molecule has 0 spiro atoms. The molecule has 0 fully saturated rings. The summed E-state index contributed by atoms with van der Waals surface area (Å²) in [6.45, 7) is 5.51. The second-order valence-corrected chi connectivity index (χ2v) is 4.75. The molecule has 0 unspecified atom stereocenters. The van der Waals surface area contributed by atoms with Crippen molar-refractivity contribution in [2.24, 2.45) is 0 Å². The molecule has 0 N–H and O–H groups in total. The van der Waals surface area contributed by atoms with Crippen molar-refractivity contribution in [3.63, 3.8) is 0 Å². The molecule has 1 aromatic carbocycles. The third-order valence-electron chi connectivity index (χ3n) is 2.78. The molecule has 1 aromatic rings. The number of carbonyl (C=O) groups excluding carboxylic acids is 2. The Hall–Kier alpha value is -2.17. The van der Waals surface area contributed by atoms with Crippen molar-refractivity contribution in [1.29, 1.82) is 0 Å². The molecule has 114 valence electrons. The van der Waals surface area contributed by atoms with E-state index in [0.29, 0.717) is 5.56 Å². The fourth-order valence-electron chi connectivity index (χ4n) is 1.73. The Bertz CT molecular complexity index is 526. The van der Waals surface area contributed by atoms with Crippen LogP contribution in [0.3, 0.4) is 0 Å². The van der Waals surface area contributed by atoms with Crippen LogP contribution in [0.5, 0.6) is 0 Å². The predicted octanol–water partition coefficient (Wildman–Crippen LogP) is 2.64. The van der Waals surface area contributed by atoms with Crippen LogP contribution in [-0.4, -0.2) is 36.0 Å². The van der Waals surface area contributed by atoms with Crippen LogP contribution in [0.2, 0.25) is 0 Å². The second kappa shape index (κ2) is 8.19. The fraction of sp³-hybridized carbons (Fsp3) is 0.375. The van der Waals surface area contributed by atoms with Gasteiger partial charge in [-0.15, -0.1) is 0 Å². The molecule has 0 atom stereocenters. The molecule has 0 saturated carbocycles. The molecule has 5 heteroatoms. The molecule has 0 aliphatic heterocycles. The normalized spacial score (nSPS) is 10.9. The van der Waals surface area contributed by atoms with Gasteiger partial charge in [0, 0.05) is 12.1 Å². The van der Waals surface area contributed by atoms with Crippen LogP contribution < -0.4 is 0 Å². The van der Waals surface area contributed by atoms with Gasteiger partial charge in [-0.2, -0.15) is 0 Å². The van der Waals surface area contributed by atoms with Gasteiger partial charge >= 0.3 is 5.97 Å². The van der Waals surface area contributed by atoms with Crippen LogP contribution in [0.25, 0.3) is 6.08 Å². The Balaban J connectivity index is 2.75.